The van der Waals surface area contributed by atoms with Crippen LogP contribution >= 0.6 is 0 Å². The fraction of sp³-hybridized carbons (Fsp3) is 0.267. The normalized spacial score (nSPS) is 14.1. The molecule has 1 aromatic rings. The van der Waals surface area contributed by atoms with Crippen LogP contribution in [0.15, 0.2) is 46.0 Å². The number of nitrogens with zero attached hydrogens (tertiary/aromatic N) is 2. The van der Waals surface area contributed by atoms with Crippen LogP contribution in [0, 0.1) is 16.1 Å². The predicted octanol–water partition coefficient (Wildman–Crippen LogP) is 2.92. The van der Waals surface area contributed by atoms with Crippen molar-refractivity contribution in [2.24, 2.45) is 4.36 Å². The number of allylic oxidation sites excluding steroid dienone is 1. The van der Waals surface area contributed by atoms with E-state index in [0.717, 1.165) is 0 Å². The molecule has 0 spiro atoms. The first-order valence-electron chi connectivity index (χ1n) is 6.47. The Labute approximate surface area is 130 Å². The summed E-state index contributed by atoms with van der Waals surface area (Å²) >= 11 is 0. The maximum Gasteiger partial charge on any atom is 0.350 e. The van der Waals surface area contributed by atoms with Gasteiger partial charge in [-0.3, -0.25) is 9.57 Å². The van der Waals surface area contributed by atoms with Crippen molar-refractivity contribution in [2.45, 2.75) is 13.8 Å². The third-order valence-electron chi connectivity index (χ3n) is 2.64. The summed E-state index contributed by atoms with van der Waals surface area (Å²) in [6.07, 6.45) is 1.39. The van der Waals surface area contributed by atoms with Gasteiger partial charge >= 0.3 is 5.97 Å². The molecule has 0 amide bonds. The molecule has 7 heteroatoms. The minimum Gasteiger partial charge on any atom is -0.462 e. The van der Waals surface area contributed by atoms with E-state index in [0.29, 0.717) is 5.56 Å². The Morgan fingerprint density at radius 1 is 1.36 bits per heavy atom. The summed E-state index contributed by atoms with van der Waals surface area (Å²) < 4.78 is 17.0. The maximum absolute atomic E-state index is 12.3. The zero-order valence-electron chi connectivity index (χ0n) is 12.6. The highest BCUT2D eigenvalue weighted by molar-refractivity contribution is 8.08. The average molecular weight is 319 g/mol. The van der Waals surface area contributed by atoms with Crippen LogP contribution in [0.3, 0.4) is 0 Å². The lowest BCUT2D eigenvalue weighted by Gasteiger charge is -2.08. The van der Waals surface area contributed by atoms with Gasteiger partial charge in [0.1, 0.15) is 6.07 Å². The Kier molecular flexibility index (Phi) is 6.01. The van der Waals surface area contributed by atoms with E-state index in [4.69, 9.17) is 14.8 Å². The second-order valence-corrected chi connectivity index (χ2v) is 6.72. The number of rotatable bonds is 4. The highest BCUT2D eigenvalue weighted by Crippen LogP contribution is 2.14. The number of nitriles is 1. The molecule has 0 aromatic heterocycles. The minimum atomic E-state index is -2.80. The molecule has 1 aromatic carbocycles. The molecular weight excluding hydrogens is 302 g/mol. The molecule has 0 fully saturated rings. The predicted molar refractivity (Wildman–Crippen MR) is 84.2 cm³/mol. The molecule has 0 aliphatic carbocycles. The van der Waals surface area contributed by atoms with Crippen molar-refractivity contribution in [3.05, 3.63) is 47.2 Å². The number of hydrogen-bond acceptors (Lipinski definition) is 6. The van der Waals surface area contributed by atoms with Gasteiger partial charge in [0.2, 0.25) is 5.12 Å². The monoisotopic (exact) mass is 319 g/mol. The number of esters is 1. The van der Waals surface area contributed by atoms with Gasteiger partial charge in [-0.25, -0.2) is 9.16 Å². The van der Waals surface area contributed by atoms with Crippen molar-refractivity contribution in [3.63, 3.8) is 0 Å². The van der Waals surface area contributed by atoms with Gasteiger partial charge in [-0.05, 0) is 13.8 Å². The van der Waals surface area contributed by atoms with Crippen LogP contribution in [0.25, 0.3) is 0 Å². The molecule has 0 radical (unpaired) electrons. The van der Waals surface area contributed by atoms with E-state index in [2.05, 4.69) is 4.36 Å². The van der Waals surface area contributed by atoms with Crippen molar-refractivity contribution in [1.82, 2.24) is 0 Å². The van der Waals surface area contributed by atoms with Crippen LogP contribution < -0.4 is 0 Å². The first-order valence-corrected chi connectivity index (χ1v) is 8.46. The first kappa shape index (κ1) is 17.6. The fourth-order valence-corrected chi connectivity index (χ4v) is 2.96. The highest BCUT2D eigenvalue weighted by atomic mass is 32.2. The number of carbonyl (C=O) groups is 2. The Hall–Kier alpha value is -2.46. The van der Waals surface area contributed by atoms with Gasteiger partial charge < -0.3 is 4.74 Å². The van der Waals surface area contributed by atoms with Crippen molar-refractivity contribution >= 4 is 20.7 Å². The molecule has 0 bridgehead atoms. The van der Waals surface area contributed by atoms with Crippen LogP contribution in [0.5, 0.6) is 0 Å². The molecule has 0 saturated heterocycles. The molecule has 0 aliphatic heterocycles. The van der Waals surface area contributed by atoms with Crippen molar-refractivity contribution < 1.29 is 14.3 Å². The largest absolute Gasteiger partial charge is 0.462 e. The molecule has 1 N–H and O–H groups in total. The summed E-state index contributed by atoms with van der Waals surface area (Å²) in [6.45, 7) is 3.18. The summed E-state index contributed by atoms with van der Waals surface area (Å²) in [6, 6.07) is 10.1. The van der Waals surface area contributed by atoms with E-state index in [9.17, 15) is 9.59 Å². The smallest absolute Gasteiger partial charge is 0.350 e. The molecule has 1 rings (SSSR count). The standard InChI is InChI=1S/C15H17N3O3S/c1-4-21-14(19)13(10-16)11(2)18-22(3,17)15(20)12-8-6-5-7-9-12/h5-9,17H,4H2,1-3H3/b13-11-. The lowest BCUT2D eigenvalue weighted by molar-refractivity contribution is -0.138. The Morgan fingerprint density at radius 3 is 2.45 bits per heavy atom. The maximum atomic E-state index is 12.3. The van der Waals surface area contributed by atoms with Crippen LogP contribution in [-0.4, -0.2) is 23.9 Å². The molecule has 6 nitrogen and oxygen atoms in total. The van der Waals surface area contributed by atoms with Gasteiger partial charge in [0, 0.05) is 21.4 Å². The quantitative estimate of drug-likeness (QED) is 0.523. The third kappa shape index (κ3) is 4.27. The van der Waals surface area contributed by atoms with Crippen LogP contribution in [0.1, 0.15) is 24.2 Å². The number of hydrogen-bond donors (Lipinski definition) is 1. The fourth-order valence-electron chi connectivity index (χ4n) is 1.64. The highest BCUT2D eigenvalue weighted by Gasteiger charge is 2.17. The van der Waals surface area contributed by atoms with Crippen molar-refractivity contribution in [2.75, 3.05) is 12.9 Å². The molecular formula is C15H17N3O3S. The van der Waals surface area contributed by atoms with Crippen LogP contribution in [0.4, 0.5) is 0 Å². The summed E-state index contributed by atoms with van der Waals surface area (Å²) in [4.78, 5) is 24.0. The number of ether oxygens (including phenoxy) is 1. The molecule has 22 heavy (non-hydrogen) atoms. The van der Waals surface area contributed by atoms with E-state index < -0.39 is 20.7 Å². The van der Waals surface area contributed by atoms with E-state index in [-0.39, 0.29) is 17.9 Å². The van der Waals surface area contributed by atoms with Crippen molar-refractivity contribution in [1.29, 1.82) is 10.0 Å². The molecule has 0 heterocycles. The van der Waals surface area contributed by atoms with Gasteiger partial charge in [-0.15, -0.1) is 0 Å². The van der Waals surface area contributed by atoms with Gasteiger partial charge in [0.05, 0.1) is 12.3 Å². The summed E-state index contributed by atoms with van der Waals surface area (Å²) in [5.41, 5.74) is 0.132. The van der Waals surface area contributed by atoms with Gasteiger partial charge in [-0.1, -0.05) is 30.3 Å². The molecule has 116 valence electrons. The second kappa shape index (κ2) is 7.52. The van der Waals surface area contributed by atoms with Gasteiger partial charge in [0.15, 0.2) is 5.57 Å². The Bertz CT molecular complexity index is 767. The van der Waals surface area contributed by atoms with Gasteiger partial charge in [-0.2, -0.15) is 5.26 Å². The second-order valence-electron chi connectivity index (χ2n) is 4.41. The topological polar surface area (TPSA) is 103 Å². The minimum absolute atomic E-state index is 0.0396. The summed E-state index contributed by atoms with van der Waals surface area (Å²) in [7, 11) is -2.80. The third-order valence-corrected chi connectivity index (χ3v) is 4.24. The zero-order chi connectivity index (χ0) is 16.8. The van der Waals surface area contributed by atoms with Crippen LogP contribution in [0.2, 0.25) is 0 Å². The lowest BCUT2D eigenvalue weighted by atomic mass is 10.2. The van der Waals surface area contributed by atoms with E-state index >= 15 is 0 Å². The number of carbonyl (C=O) groups excluding carboxylic acids is 2. The van der Waals surface area contributed by atoms with E-state index in [1.165, 1.54) is 13.2 Å². The lowest BCUT2D eigenvalue weighted by Crippen LogP contribution is -2.13. The van der Waals surface area contributed by atoms with Crippen molar-refractivity contribution in [3.8, 4) is 6.07 Å². The number of benzene rings is 1. The number of nitrogens with one attached hydrogen (secondary N) is 1. The first-order chi connectivity index (χ1) is 10.3. The Morgan fingerprint density at radius 2 is 1.95 bits per heavy atom. The van der Waals surface area contributed by atoms with Gasteiger partial charge in [0.25, 0.3) is 0 Å². The van der Waals surface area contributed by atoms with Crippen LogP contribution in [-0.2, 0) is 19.2 Å². The van der Waals surface area contributed by atoms with E-state index in [1.807, 2.05) is 0 Å². The zero-order valence-corrected chi connectivity index (χ0v) is 13.4. The average Bonchev–Trinajstić information content (AvgIpc) is 2.47. The SMILES string of the molecule is CCOC(=O)/C(C#N)=C(/C)N=S(C)(=N)C(=O)c1ccccc1. The molecule has 0 saturated carbocycles. The molecule has 1 unspecified atom stereocenters. The molecule has 0 aliphatic rings. The summed E-state index contributed by atoms with van der Waals surface area (Å²) in [5, 5.41) is 8.60. The molecule has 1 atom stereocenters. The van der Waals surface area contributed by atoms with E-state index in [1.54, 1.807) is 43.3 Å². The summed E-state index contributed by atoms with van der Waals surface area (Å²) in [5.74, 6) is -0.798. The Balaban J connectivity index is 3.29.